The molecule has 0 spiro atoms. The summed E-state index contributed by atoms with van der Waals surface area (Å²) in [6.45, 7) is 0.209. The number of carbonyl (C=O) groups is 1. The van der Waals surface area contributed by atoms with Crippen LogP contribution in [-0.2, 0) is 0 Å². The van der Waals surface area contributed by atoms with Crippen LogP contribution in [0, 0.1) is 23.4 Å². The molecule has 2 rings (SSSR count). The van der Waals surface area contributed by atoms with Crippen molar-refractivity contribution >= 4 is 5.91 Å². The van der Waals surface area contributed by atoms with Crippen molar-refractivity contribution in [1.82, 2.24) is 5.32 Å². The highest BCUT2D eigenvalue weighted by atomic mass is 19.1. The minimum absolute atomic E-state index is 0.209. The van der Waals surface area contributed by atoms with E-state index in [0.29, 0.717) is 12.1 Å². The Kier molecular flexibility index (Phi) is 5.22. The molecule has 0 radical (unpaired) electrons. The van der Waals surface area contributed by atoms with Gasteiger partial charge in [0.1, 0.15) is 23.0 Å². The second kappa shape index (κ2) is 6.93. The molecule has 0 heterocycles. The Bertz CT molecular complexity index is 493. The van der Waals surface area contributed by atoms with Crippen LogP contribution in [-0.4, -0.2) is 18.5 Å². The topological polar surface area (TPSA) is 55.1 Å². The van der Waals surface area contributed by atoms with E-state index in [2.05, 4.69) is 5.32 Å². The molecule has 1 aliphatic carbocycles. The molecule has 6 heteroatoms. The Morgan fingerprint density at radius 3 is 2.29 bits per heavy atom. The van der Waals surface area contributed by atoms with Gasteiger partial charge in [0, 0.05) is 24.7 Å². The number of hydrogen-bond acceptors (Lipinski definition) is 2. The number of carbonyl (C=O) groups excluding carboxylic acids is 1. The Morgan fingerprint density at radius 2 is 1.76 bits per heavy atom. The third kappa shape index (κ3) is 3.75. The van der Waals surface area contributed by atoms with Gasteiger partial charge in [-0.15, -0.1) is 0 Å². The first-order chi connectivity index (χ1) is 10.0. The largest absolute Gasteiger partial charge is 0.348 e. The zero-order valence-electron chi connectivity index (χ0n) is 11.7. The van der Waals surface area contributed by atoms with E-state index in [-0.39, 0.29) is 18.5 Å². The predicted octanol–water partition coefficient (Wildman–Crippen LogP) is 2.74. The summed E-state index contributed by atoms with van der Waals surface area (Å²) < 4.78 is 40.0. The van der Waals surface area contributed by atoms with Crippen LogP contribution in [0.1, 0.15) is 42.5 Å². The SMILES string of the molecule is NCC(NC(=O)c1c(F)cc(F)cc1F)C1CCCCC1. The Labute approximate surface area is 121 Å². The maximum Gasteiger partial charge on any atom is 0.257 e. The monoisotopic (exact) mass is 300 g/mol. The maximum absolute atomic E-state index is 13.6. The number of nitrogens with two attached hydrogens (primary N) is 1. The third-order valence-corrected chi connectivity index (χ3v) is 4.02. The summed E-state index contributed by atoms with van der Waals surface area (Å²) in [5.41, 5.74) is 4.91. The lowest BCUT2D eigenvalue weighted by molar-refractivity contribution is 0.0907. The average Bonchev–Trinajstić information content (AvgIpc) is 2.44. The highest BCUT2D eigenvalue weighted by molar-refractivity contribution is 5.95. The van der Waals surface area contributed by atoms with Crippen molar-refractivity contribution in [2.75, 3.05) is 6.54 Å². The Hall–Kier alpha value is -1.56. The molecule has 1 saturated carbocycles. The van der Waals surface area contributed by atoms with E-state index < -0.39 is 28.9 Å². The summed E-state index contributed by atoms with van der Waals surface area (Å²) in [5, 5.41) is 2.59. The van der Waals surface area contributed by atoms with E-state index in [0.717, 1.165) is 32.1 Å². The molecule has 1 unspecified atom stereocenters. The van der Waals surface area contributed by atoms with Crippen molar-refractivity contribution in [2.45, 2.75) is 38.1 Å². The molecular formula is C15H19F3N2O. The van der Waals surface area contributed by atoms with Crippen LogP contribution in [0.4, 0.5) is 13.2 Å². The molecule has 116 valence electrons. The summed E-state index contributed by atoms with van der Waals surface area (Å²) in [5.74, 6) is -4.12. The standard InChI is InChI=1S/C15H19F3N2O/c16-10-6-11(17)14(12(18)7-10)15(21)20-13(8-19)9-4-2-1-3-5-9/h6-7,9,13H,1-5,8,19H2,(H,20,21). The molecule has 0 aliphatic heterocycles. The van der Waals surface area contributed by atoms with Crippen molar-refractivity contribution in [2.24, 2.45) is 11.7 Å². The van der Waals surface area contributed by atoms with Gasteiger partial charge in [-0.1, -0.05) is 19.3 Å². The van der Waals surface area contributed by atoms with E-state index in [1.807, 2.05) is 0 Å². The normalized spacial score (nSPS) is 17.5. The zero-order valence-corrected chi connectivity index (χ0v) is 11.7. The third-order valence-electron chi connectivity index (χ3n) is 4.02. The summed E-state index contributed by atoms with van der Waals surface area (Å²) in [6.07, 6.45) is 5.17. The fourth-order valence-corrected chi connectivity index (χ4v) is 2.91. The van der Waals surface area contributed by atoms with Crippen LogP contribution < -0.4 is 11.1 Å². The van der Waals surface area contributed by atoms with Crippen molar-refractivity contribution < 1.29 is 18.0 Å². The van der Waals surface area contributed by atoms with Crippen LogP contribution in [0.15, 0.2) is 12.1 Å². The van der Waals surface area contributed by atoms with Crippen LogP contribution >= 0.6 is 0 Å². The molecule has 0 bridgehead atoms. The van der Waals surface area contributed by atoms with E-state index in [1.165, 1.54) is 0 Å². The summed E-state index contributed by atoms with van der Waals surface area (Å²) >= 11 is 0. The first-order valence-electron chi connectivity index (χ1n) is 7.18. The van der Waals surface area contributed by atoms with Gasteiger partial charge in [-0.05, 0) is 18.8 Å². The lowest BCUT2D eigenvalue weighted by Gasteiger charge is -2.30. The fraction of sp³-hybridized carbons (Fsp3) is 0.533. The van der Waals surface area contributed by atoms with E-state index >= 15 is 0 Å². The van der Waals surface area contributed by atoms with Gasteiger partial charge in [0.25, 0.3) is 5.91 Å². The molecule has 1 atom stereocenters. The van der Waals surface area contributed by atoms with Crippen molar-refractivity contribution in [1.29, 1.82) is 0 Å². The van der Waals surface area contributed by atoms with Gasteiger partial charge >= 0.3 is 0 Å². The molecule has 1 aromatic carbocycles. The molecule has 1 aliphatic rings. The van der Waals surface area contributed by atoms with Gasteiger partial charge in [0.05, 0.1) is 0 Å². The van der Waals surface area contributed by atoms with Gasteiger partial charge in [0.15, 0.2) is 0 Å². The second-order valence-corrected chi connectivity index (χ2v) is 5.46. The second-order valence-electron chi connectivity index (χ2n) is 5.46. The average molecular weight is 300 g/mol. The molecule has 0 aromatic heterocycles. The van der Waals surface area contributed by atoms with Crippen molar-refractivity contribution in [3.63, 3.8) is 0 Å². The lowest BCUT2D eigenvalue weighted by Crippen LogP contribution is -2.46. The van der Waals surface area contributed by atoms with E-state index in [4.69, 9.17) is 5.73 Å². The first kappa shape index (κ1) is 15.8. The fourth-order valence-electron chi connectivity index (χ4n) is 2.91. The summed E-state index contributed by atoms with van der Waals surface area (Å²) in [4.78, 5) is 12.0. The number of halogens is 3. The van der Waals surface area contributed by atoms with Crippen LogP contribution in [0.25, 0.3) is 0 Å². The van der Waals surface area contributed by atoms with Crippen molar-refractivity contribution in [3.05, 3.63) is 35.1 Å². The molecule has 21 heavy (non-hydrogen) atoms. The minimum Gasteiger partial charge on any atom is -0.348 e. The molecule has 1 amide bonds. The quantitative estimate of drug-likeness (QED) is 0.898. The number of hydrogen-bond donors (Lipinski definition) is 2. The molecule has 1 aromatic rings. The Morgan fingerprint density at radius 1 is 1.19 bits per heavy atom. The first-order valence-corrected chi connectivity index (χ1v) is 7.18. The van der Waals surface area contributed by atoms with Crippen LogP contribution in [0.2, 0.25) is 0 Å². The van der Waals surface area contributed by atoms with Gasteiger partial charge in [0.2, 0.25) is 0 Å². The lowest BCUT2D eigenvalue weighted by atomic mass is 9.84. The number of rotatable bonds is 4. The smallest absolute Gasteiger partial charge is 0.257 e. The number of nitrogens with one attached hydrogen (secondary N) is 1. The van der Waals surface area contributed by atoms with Gasteiger partial charge in [-0.25, -0.2) is 13.2 Å². The van der Waals surface area contributed by atoms with Crippen LogP contribution in [0.3, 0.4) is 0 Å². The van der Waals surface area contributed by atoms with Gasteiger partial charge in [-0.3, -0.25) is 4.79 Å². The molecule has 1 fully saturated rings. The molecule has 3 nitrogen and oxygen atoms in total. The molecule has 0 saturated heterocycles. The molecule has 3 N–H and O–H groups in total. The highest BCUT2D eigenvalue weighted by Crippen LogP contribution is 2.26. The van der Waals surface area contributed by atoms with Crippen LogP contribution in [0.5, 0.6) is 0 Å². The summed E-state index contributed by atoms with van der Waals surface area (Å²) in [7, 11) is 0. The number of amides is 1. The maximum atomic E-state index is 13.6. The Balaban J connectivity index is 2.12. The van der Waals surface area contributed by atoms with Gasteiger partial charge in [-0.2, -0.15) is 0 Å². The van der Waals surface area contributed by atoms with Gasteiger partial charge < -0.3 is 11.1 Å². The summed E-state index contributed by atoms with van der Waals surface area (Å²) in [6, 6.07) is 0.674. The zero-order chi connectivity index (χ0) is 15.4. The number of benzene rings is 1. The minimum atomic E-state index is -1.20. The van der Waals surface area contributed by atoms with Crippen molar-refractivity contribution in [3.8, 4) is 0 Å². The van der Waals surface area contributed by atoms with E-state index in [1.54, 1.807) is 0 Å². The predicted molar refractivity (Wildman–Crippen MR) is 73.2 cm³/mol. The highest BCUT2D eigenvalue weighted by Gasteiger charge is 2.27. The van der Waals surface area contributed by atoms with E-state index in [9.17, 15) is 18.0 Å². The molecular weight excluding hydrogens is 281 g/mol.